The summed E-state index contributed by atoms with van der Waals surface area (Å²) in [5, 5.41) is 19.0. The molecule has 166 valence electrons. The smallest absolute Gasteiger partial charge is 0.192 e. The van der Waals surface area contributed by atoms with Gasteiger partial charge in [0.25, 0.3) is 0 Å². The predicted molar refractivity (Wildman–Crippen MR) is 125 cm³/mol. The maximum Gasteiger partial charge on any atom is 0.192 e. The monoisotopic (exact) mass is 470 g/mol. The summed E-state index contributed by atoms with van der Waals surface area (Å²) in [6.45, 7) is 12.3. The Bertz CT molecular complexity index is 1220. The number of rotatable bonds is 3. The minimum Gasteiger partial charge on any atom is -0.410 e. The van der Waals surface area contributed by atoms with E-state index >= 15 is 0 Å². The van der Waals surface area contributed by atoms with Crippen LogP contribution in [0.15, 0.2) is 24.3 Å². The zero-order valence-electron chi connectivity index (χ0n) is 19.0. The third kappa shape index (κ3) is 4.11. The van der Waals surface area contributed by atoms with Gasteiger partial charge in [0.05, 0.1) is 28.3 Å². The van der Waals surface area contributed by atoms with Crippen LogP contribution < -0.4 is 0 Å². The SMILES string of the molecule is Cc1c(C2=CC[C@@H](O[Si](C)(C)C(C)(C)C)c3cc(F)cc(C#N)c32)cc(F)c(Cl)c1C#N. The Morgan fingerprint density at radius 3 is 2.34 bits per heavy atom. The van der Waals surface area contributed by atoms with Gasteiger partial charge in [-0.05, 0) is 71.9 Å². The molecule has 1 aliphatic carbocycles. The second-order valence-electron chi connectivity index (χ2n) is 9.58. The van der Waals surface area contributed by atoms with Crippen molar-refractivity contribution in [3.63, 3.8) is 0 Å². The molecule has 7 heteroatoms. The Hall–Kier alpha value is -2.51. The number of fused-ring (bicyclic) bond motifs is 1. The topological polar surface area (TPSA) is 56.8 Å². The molecule has 1 atom stereocenters. The lowest BCUT2D eigenvalue weighted by Crippen LogP contribution is -2.42. The van der Waals surface area contributed by atoms with Gasteiger partial charge in [0.2, 0.25) is 0 Å². The molecule has 0 heterocycles. The lowest BCUT2D eigenvalue weighted by atomic mass is 9.81. The minimum atomic E-state index is -2.20. The van der Waals surface area contributed by atoms with E-state index in [1.54, 1.807) is 6.92 Å². The molecule has 2 aromatic rings. The summed E-state index contributed by atoms with van der Waals surface area (Å²) in [5.41, 5.74) is 2.81. The molecule has 0 saturated heterocycles. The van der Waals surface area contributed by atoms with Crippen molar-refractivity contribution in [3.8, 4) is 12.1 Å². The summed E-state index contributed by atoms with van der Waals surface area (Å²) in [6.07, 6.45) is 1.90. The second-order valence-corrected chi connectivity index (χ2v) is 14.7. The van der Waals surface area contributed by atoms with E-state index in [0.29, 0.717) is 34.2 Å². The van der Waals surface area contributed by atoms with Crippen LogP contribution in [-0.2, 0) is 4.43 Å². The summed E-state index contributed by atoms with van der Waals surface area (Å²) in [5.74, 6) is -1.24. The van der Waals surface area contributed by atoms with Crippen molar-refractivity contribution >= 4 is 25.5 Å². The van der Waals surface area contributed by atoms with Gasteiger partial charge in [0.15, 0.2) is 8.32 Å². The molecular weight excluding hydrogens is 446 g/mol. The van der Waals surface area contributed by atoms with E-state index in [1.165, 1.54) is 18.2 Å². The highest BCUT2D eigenvalue weighted by Gasteiger charge is 2.41. The van der Waals surface area contributed by atoms with E-state index in [1.807, 2.05) is 12.1 Å². The van der Waals surface area contributed by atoms with Crippen molar-refractivity contribution in [2.45, 2.75) is 58.4 Å². The molecule has 0 fully saturated rings. The average molecular weight is 471 g/mol. The van der Waals surface area contributed by atoms with Gasteiger partial charge in [-0.25, -0.2) is 8.78 Å². The molecule has 32 heavy (non-hydrogen) atoms. The van der Waals surface area contributed by atoms with Gasteiger partial charge in [0.1, 0.15) is 17.7 Å². The van der Waals surface area contributed by atoms with Crippen LogP contribution in [0.1, 0.15) is 66.7 Å². The molecule has 3 nitrogen and oxygen atoms in total. The van der Waals surface area contributed by atoms with Crippen LogP contribution in [0.4, 0.5) is 8.78 Å². The highest BCUT2D eigenvalue weighted by molar-refractivity contribution is 6.74. The Morgan fingerprint density at radius 2 is 1.78 bits per heavy atom. The Balaban J connectivity index is 2.26. The van der Waals surface area contributed by atoms with E-state index in [0.717, 1.165) is 0 Å². The molecule has 2 aromatic carbocycles. The van der Waals surface area contributed by atoms with E-state index in [9.17, 15) is 19.3 Å². The van der Waals surface area contributed by atoms with Crippen LogP contribution in [0.2, 0.25) is 23.2 Å². The summed E-state index contributed by atoms with van der Waals surface area (Å²) in [6, 6.07) is 7.88. The zero-order chi connectivity index (χ0) is 24.0. The third-order valence-electron chi connectivity index (χ3n) is 6.53. The maximum absolute atomic E-state index is 14.6. The number of nitrogens with zero attached hydrogens (tertiary/aromatic N) is 2. The van der Waals surface area contributed by atoms with Crippen LogP contribution in [0.3, 0.4) is 0 Å². The molecule has 0 saturated carbocycles. The van der Waals surface area contributed by atoms with Gasteiger partial charge in [-0.3, -0.25) is 0 Å². The second kappa shape index (κ2) is 8.44. The molecule has 0 aromatic heterocycles. The largest absolute Gasteiger partial charge is 0.410 e. The average Bonchev–Trinajstić information content (AvgIpc) is 2.70. The fraction of sp³-hybridized carbons (Fsp3) is 0.360. The van der Waals surface area contributed by atoms with E-state index in [2.05, 4.69) is 39.9 Å². The van der Waals surface area contributed by atoms with Crippen molar-refractivity contribution in [2.24, 2.45) is 0 Å². The van der Waals surface area contributed by atoms with Crippen LogP contribution >= 0.6 is 11.6 Å². The molecule has 0 N–H and O–H groups in total. The number of hydrogen-bond donors (Lipinski definition) is 0. The number of benzene rings is 2. The first-order chi connectivity index (χ1) is 14.8. The van der Waals surface area contributed by atoms with Crippen molar-refractivity contribution in [1.29, 1.82) is 10.5 Å². The third-order valence-corrected chi connectivity index (χ3v) is 11.4. The van der Waals surface area contributed by atoms with Gasteiger partial charge in [-0.1, -0.05) is 38.4 Å². The molecule has 0 aliphatic heterocycles. The van der Waals surface area contributed by atoms with Crippen molar-refractivity contribution in [3.05, 3.63) is 74.3 Å². The van der Waals surface area contributed by atoms with Crippen molar-refractivity contribution in [2.75, 3.05) is 0 Å². The van der Waals surface area contributed by atoms with Gasteiger partial charge in [-0.15, -0.1) is 0 Å². The fourth-order valence-electron chi connectivity index (χ4n) is 3.74. The first-order valence-corrected chi connectivity index (χ1v) is 13.6. The van der Waals surface area contributed by atoms with Gasteiger partial charge in [0, 0.05) is 5.56 Å². The fourth-order valence-corrected chi connectivity index (χ4v) is 5.27. The molecule has 0 amide bonds. The lowest BCUT2D eigenvalue weighted by molar-refractivity contribution is 0.184. The predicted octanol–water partition coefficient (Wildman–Crippen LogP) is 7.57. The summed E-state index contributed by atoms with van der Waals surface area (Å²) in [7, 11) is -2.20. The number of hydrogen-bond acceptors (Lipinski definition) is 3. The Morgan fingerprint density at radius 1 is 1.12 bits per heavy atom. The van der Waals surface area contributed by atoms with Crippen LogP contribution in [0.5, 0.6) is 0 Å². The number of nitriles is 2. The maximum atomic E-state index is 14.6. The zero-order valence-corrected chi connectivity index (χ0v) is 20.8. The summed E-state index contributed by atoms with van der Waals surface area (Å²) in [4.78, 5) is 0. The normalized spacial score (nSPS) is 16.1. The van der Waals surface area contributed by atoms with Crippen molar-refractivity contribution < 1.29 is 13.2 Å². The summed E-state index contributed by atoms with van der Waals surface area (Å²) < 4.78 is 35.6. The molecule has 0 spiro atoms. The molecule has 1 aliphatic rings. The highest BCUT2D eigenvalue weighted by Crippen LogP contribution is 2.46. The van der Waals surface area contributed by atoms with E-state index in [4.69, 9.17) is 16.0 Å². The Labute approximate surface area is 194 Å². The van der Waals surface area contributed by atoms with E-state index < -0.39 is 26.1 Å². The van der Waals surface area contributed by atoms with E-state index in [-0.39, 0.29) is 21.2 Å². The number of halogens is 3. The summed E-state index contributed by atoms with van der Waals surface area (Å²) >= 11 is 5.99. The van der Waals surface area contributed by atoms with Gasteiger partial charge >= 0.3 is 0 Å². The molecule has 0 unspecified atom stereocenters. The molecule has 3 rings (SSSR count). The standard InChI is InChI=1S/C25H25ClF2N2OSi/c1-14-18(11-21(28)24(26)20(14)13-30)17-7-8-22(31-32(5,6)25(2,3)4)19-10-16(27)9-15(12-29)23(17)19/h7,9-11,22H,8H2,1-6H3/t22-/m1/s1. The van der Waals surface area contributed by atoms with Crippen LogP contribution in [0.25, 0.3) is 5.57 Å². The quantitative estimate of drug-likeness (QED) is 0.434. The first kappa shape index (κ1) is 24.1. The van der Waals surface area contributed by atoms with Gasteiger partial charge < -0.3 is 4.43 Å². The molecular formula is C25H25ClF2N2OSi. The highest BCUT2D eigenvalue weighted by atomic mass is 35.5. The van der Waals surface area contributed by atoms with Crippen LogP contribution in [0, 0.1) is 41.2 Å². The first-order valence-electron chi connectivity index (χ1n) is 10.3. The minimum absolute atomic E-state index is 0.0457. The van der Waals surface area contributed by atoms with Crippen LogP contribution in [-0.4, -0.2) is 8.32 Å². The lowest BCUT2D eigenvalue weighted by Gasteiger charge is -2.40. The Kier molecular flexibility index (Phi) is 6.37. The van der Waals surface area contributed by atoms with Crippen molar-refractivity contribution in [1.82, 2.24) is 0 Å². The molecule has 0 bridgehead atoms. The molecule has 0 radical (unpaired) electrons. The van der Waals surface area contributed by atoms with Gasteiger partial charge in [-0.2, -0.15) is 10.5 Å².